The van der Waals surface area contributed by atoms with E-state index in [-0.39, 0.29) is 18.9 Å². The fourth-order valence-corrected chi connectivity index (χ4v) is 1.78. The van der Waals surface area contributed by atoms with Crippen molar-refractivity contribution in [1.82, 2.24) is 14.9 Å². The fraction of sp³-hybridized carbons (Fsp3) is 0.615. The number of hydrogen-bond donors (Lipinski definition) is 3. The summed E-state index contributed by atoms with van der Waals surface area (Å²) in [5, 5.41) is 2.80. The van der Waals surface area contributed by atoms with Crippen LogP contribution in [0.4, 0.5) is 0 Å². The number of carbonyl (C=O) groups is 1. The summed E-state index contributed by atoms with van der Waals surface area (Å²) in [7, 11) is 0. The largest absolute Gasteiger partial charge is 0.356 e. The molecule has 0 aliphatic rings. The molecule has 1 aromatic heterocycles. The summed E-state index contributed by atoms with van der Waals surface area (Å²) < 4.78 is 1.31. The Hall–Kier alpha value is -1.89. The lowest BCUT2D eigenvalue weighted by Crippen LogP contribution is -2.31. The normalized spacial score (nSPS) is 10.4. The van der Waals surface area contributed by atoms with Gasteiger partial charge in [0.05, 0.1) is 0 Å². The van der Waals surface area contributed by atoms with Gasteiger partial charge >= 0.3 is 5.69 Å². The number of H-pyrrole nitrogens is 1. The Balaban J connectivity index is 2.20. The highest BCUT2D eigenvalue weighted by Crippen LogP contribution is 1.97. The van der Waals surface area contributed by atoms with Crippen LogP contribution in [0.1, 0.15) is 32.1 Å². The molecule has 0 spiro atoms. The van der Waals surface area contributed by atoms with Crippen LogP contribution in [0.15, 0.2) is 21.9 Å². The molecule has 0 aromatic carbocycles. The Morgan fingerprint density at radius 3 is 2.70 bits per heavy atom. The van der Waals surface area contributed by atoms with E-state index in [0.29, 0.717) is 13.1 Å². The van der Waals surface area contributed by atoms with Gasteiger partial charge in [0.1, 0.15) is 0 Å². The molecular weight excluding hydrogens is 260 g/mol. The topological polar surface area (TPSA) is 110 Å². The summed E-state index contributed by atoms with van der Waals surface area (Å²) in [4.78, 5) is 36.0. The van der Waals surface area contributed by atoms with Crippen LogP contribution in [-0.2, 0) is 11.3 Å². The van der Waals surface area contributed by atoms with Crippen molar-refractivity contribution >= 4 is 5.91 Å². The molecule has 7 nitrogen and oxygen atoms in total. The van der Waals surface area contributed by atoms with Gasteiger partial charge in [-0.2, -0.15) is 0 Å². The van der Waals surface area contributed by atoms with Gasteiger partial charge in [0.15, 0.2) is 0 Å². The predicted molar refractivity (Wildman–Crippen MR) is 76.5 cm³/mol. The molecule has 0 unspecified atom stereocenters. The van der Waals surface area contributed by atoms with Crippen molar-refractivity contribution in [3.05, 3.63) is 33.1 Å². The number of aromatic nitrogens is 2. The zero-order chi connectivity index (χ0) is 14.8. The molecule has 0 bridgehead atoms. The van der Waals surface area contributed by atoms with Crippen molar-refractivity contribution in [2.45, 2.75) is 38.6 Å². The molecule has 1 amide bonds. The first-order chi connectivity index (χ1) is 9.63. The van der Waals surface area contributed by atoms with Crippen LogP contribution in [0, 0.1) is 0 Å². The van der Waals surface area contributed by atoms with E-state index in [9.17, 15) is 14.4 Å². The summed E-state index contributed by atoms with van der Waals surface area (Å²) in [6, 6.07) is 1.26. The Labute approximate surface area is 117 Å². The van der Waals surface area contributed by atoms with Gasteiger partial charge in [0.2, 0.25) is 5.91 Å². The highest BCUT2D eigenvalue weighted by Gasteiger charge is 2.02. The van der Waals surface area contributed by atoms with Gasteiger partial charge < -0.3 is 15.6 Å². The molecule has 20 heavy (non-hydrogen) atoms. The van der Waals surface area contributed by atoms with Crippen LogP contribution < -0.4 is 22.3 Å². The fourth-order valence-electron chi connectivity index (χ4n) is 1.78. The number of nitrogens with one attached hydrogen (secondary N) is 2. The van der Waals surface area contributed by atoms with Crippen molar-refractivity contribution in [2.24, 2.45) is 5.73 Å². The van der Waals surface area contributed by atoms with Crippen molar-refractivity contribution in [3.63, 3.8) is 0 Å². The quantitative estimate of drug-likeness (QED) is 0.533. The molecule has 4 N–H and O–H groups in total. The molecule has 1 heterocycles. The van der Waals surface area contributed by atoms with Crippen LogP contribution >= 0.6 is 0 Å². The van der Waals surface area contributed by atoms with E-state index in [2.05, 4.69) is 10.3 Å². The Morgan fingerprint density at radius 2 is 2.00 bits per heavy atom. The molecular formula is C13H22N4O3. The Kier molecular flexibility index (Phi) is 7.34. The maximum Gasteiger partial charge on any atom is 0.328 e. The molecule has 0 saturated heterocycles. The molecule has 0 saturated carbocycles. The highest BCUT2D eigenvalue weighted by atomic mass is 16.2. The van der Waals surface area contributed by atoms with Gasteiger partial charge in [-0.15, -0.1) is 0 Å². The van der Waals surface area contributed by atoms with E-state index >= 15 is 0 Å². The van der Waals surface area contributed by atoms with Crippen LogP contribution in [0.2, 0.25) is 0 Å². The molecule has 112 valence electrons. The average Bonchev–Trinajstić information content (AvgIpc) is 2.41. The molecule has 7 heteroatoms. The number of amides is 1. The average molecular weight is 282 g/mol. The van der Waals surface area contributed by atoms with Crippen LogP contribution in [-0.4, -0.2) is 28.5 Å². The number of aromatic amines is 1. The summed E-state index contributed by atoms with van der Waals surface area (Å²) in [6.45, 7) is 1.61. The van der Waals surface area contributed by atoms with E-state index in [1.807, 2.05) is 0 Å². The summed E-state index contributed by atoms with van der Waals surface area (Å²) in [5.74, 6) is -0.0954. The molecule has 0 radical (unpaired) electrons. The lowest BCUT2D eigenvalue weighted by atomic mass is 10.2. The molecule has 1 rings (SSSR count). The molecule has 0 atom stereocenters. The van der Waals surface area contributed by atoms with Crippen LogP contribution in [0.5, 0.6) is 0 Å². The van der Waals surface area contributed by atoms with Gasteiger partial charge in [-0.05, 0) is 19.4 Å². The summed E-state index contributed by atoms with van der Waals surface area (Å²) in [5.41, 5.74) is 4.46. The first-order valence-electron chi connectivity index (χ1n) is 6.90. The Morgan fingerprint density at radius 1 is 1.25 bits per heavy atom. The standard InChI is InChI=1S/C13H22N4O3/c14-7-3-1-2-4-8-15-11(18)5-9-17-10-6-12(19)16-13(17)20/h6,10H,1-5,7-9,14H2,(H,15,18)(H,16,19,20). The van der Waals surface area contributed by atoms with Gasteiger partial charge in [-0.1, -0.05) is 12.8 Å². The first-order valence-corrected chi connectivity index (χ1v) is 6.90. The van der Waals surface area contributed by atoms with Gasteiger partial charge in [-0.3, -0.25) is 14.6 Å². The number of nitrogens with zero attached hydrogens (tertiary/aromatic N) is 1. The lowest BCUT2D eigenvalue weighted by Gasteiger charge is -2.06. The third-order valence-corrected chi connectivity index (χ3v) is 2.93. The molecule has 1 aromatic rings. The number of rotatable bonds is 9. The van der Waals surface area contributed by atoms with Crippen LogP contribution in [0.25, 0.3) is 0 Å². The maximum absolute atomic E-state index is 11.6. The first kappa shape index (κ1) is 16.2. The van der Waals surface area contributed by atoms with E-state index in [1.165, 1.54) is 16.8 Å². The van der Waals surface area contributed by atoms with Crippen molar-refractivity contribution in [1.29, 1.82) is 0 Å². The monoisotopic (exact) mass is 282 g/mol. The second-order valence-corrected chi connectivity index (χ2v) is 4.61. The molecule has 0 aliphatic carbocycles. The van der Waals surface area contributed by atoms with E-state index in [1.54, 1.807) is 0 Å². The zero-order valence-corrected chi connectivity index (χ0v) is 11.6. The maximum atomic E-state index is 11.6. The molecule has 0 aliphatic heterocycles. The minimum absolute atomic E-state index is 0.0954. The van der Waals surface area contributed by atoms with Gasteiger partial charge in [-0.25, -0.2) is 4.79 Å². The summed E-state index contributed by atoms with van der Waals surface area (Å²) >= 11 is 0. The van der Waals surface area contributed by atoms with Gasteiger partial charge in [0.25, 0.3) is 5.56 Å². The molecule has 0 fully saturated rings. The number of carbonyl (C=O) groups excluding carboxylic acids is 1. The lowest BCUT2D eigenvalue weighted by molar-refractivity contribution is -0.121. The van der Waals surface area contributed by atoms with Crippen molar-refractivity contribution in [2.75, 3.05) is 13.1 Å². The van der Waals surface area contributed by atoms with E-state index in [0.717, 1.165) is 25.7 Å². The van der Waals surface area contributed by atoms with Crippen molar-refractivity contribution < 1.29 is 4.79 Å². The summed E-state index contributed by atoms with van der Waals surface area (Å²) in [6.07, 6.45) is 5.69. The zero-order valence-electron chi connectivity index (χ0n) is 11.6. The minimum Gasteiger partial charge on any atom is -0.356 e. The highest BCUT2D eigenvalue weighted by molar-refractivity contribution is 5.75. The van der Waals surface area contributed by atoms with Crippen molar-refractivity contribution in [3.8, 4) is 0 Å². The smallest absolute Gasteiger partial charge is 0.328 e. The minimum atomic E-state index is -0.493. The second-order valence-electron chi connectivity index (χ2n) is 4.61. The third kappa shape index (κ3) is 6.33. The third-order valence-electron chi connectivity index (χ3n) is 2.93. The Bertz CT molecular complexity index is 521. The number of hydrogen-bond acceptors (Lipinski definition) is 4. The van der Waals surface area contributed by atoms with E-state index < -0.39 is 11.2 Å². The number of aryl methyl sites for hydroxylation is 1. The van der Waals surface area contributed by atoms with E-state index in [4.69, 9.17) is 5.73 Å². The number of nitrogens with two attached hydrogens (primary N) is 1. The van der Waals surface area contributed by atoms with Crippen LogP contribution in [0.3, 0.4) is 0 Å². The SMILES string of the molecule is NCCCCCCNC(=O)CCn1ccc(=O)[nH]c1=O. The predicted octanol–water partition coefficient (Wildman–Crippen LogP) is -0.438. The second kappa shape index (κ2) is 9.08. The van der Waals surface area contributed by atoms with Gasteiger partial charge in [0, 0.05) is 31.8 Å². The number of unbranched alkanes of at least 4 members (excludes halogenated alkanes) is 3.